The van der Waals surface area contributed by atoms with Crippen LogP contribution in [0.4, 0.5) is 5.69 Å². The number of hydrogen-bond donors (Lipinski definition) is 0. The van der Waals surface area contributed by atoms with E-state index >= 15 is 0 Å². The van der Waals surface area contributed by atoms with Gasteiger partial charge in [-0.05, 0) is 25.0 Å². The van der Waals surface area contributed by atoms with E-state index < -0.39 is 0 Å². The molecule has 7 heteroatoms. The van der Waals surface area contributed by atoms with Gasteiger partial charge in [-0.1, -0.05) is 23.7 Å². The molecule has 24 heavy (non-hydrogen) atoms. The number of carbonyl (C=O) groups excluding carboxylic acids is 2. The Balaban J connectivity index is 1.48. The standard InChI is InChI=1S/C17H21ClN2O4/c18-14-5-1-2-6-15(14)20-8-7-19(10-16(20)21)17(22)12-23-11-13-4-3-9-24-13/h1-2,5-6,13H,3-4,7-12H2/t13-/m1/s1. The zero-order valence-electron chi connectivity index (χ0n) is 13.4. The van der Waals surface area contributed by atoms with Gasteiger partial charge in [0.15, 0.2) is 0 Å². The number of halogens is 1. The molecule has 130 valence electrons. The second-order valence-corrected chi connectivity index (χ2v) is 6.37. The molecule has 2 heterocycles. The maximum absolute atomic E-state index is 12.4. The zero-order chi connectivity index (χ0) is 16.9. The van der Waals surface area contributed by atoms with Crippen LogP contribution in [-0.4, -0.2) is 62.3 Å². The van der Waals surface area contributed by atoms with Crippen LogP contribution in [-0.2, 0) is 19.1 Å². The summed E-state index contributed by atoms with van der Waals surface area (Å²) in [6, 6.07) is 7.22. The molecule has 1 aromatic rings. The third-order valence-electron chi connectivity index (χ3n) is 4.27. The number of anilines is 1. The van der Waals surface area contributed by atoms with Crippen molar-refractivity contribution in [3.8, 4) is 0 Å². The van der Waals surface area contributed by atoms with Crippen LogP contribution in [0.3, 0.4) is 0 Å². The summed E-state index contributed by atoms with van der Waals surface area (Å²) in [7, 11) is 0. The quantitative estimate of drug-likeness (QED) is 0.809. The predicted molar refractivity (Wildman–Crippen MR) is 90.2 cm³/mol. The van der Waals surface area contributed by atoms with Gasteiger partial charge in [-0.25, -0.2) is 0 Å². The molecule has 2 fully saturated rings. The van der Waals surface area contributed by atoms with E-state index in [0.717, 1.165) is 19.4 Å². The number of piperazine rings is 1. The lowest BCUT2D eigenvalue weighted by atomic mass is 10.2. The van der Waals surface area contributed by atoms with Crippen LogP contribution in [0.1, 0.15) is 12.8 Å². The van der Waals surface area contributed by atoms with E-state index in [4.69, 9.17) is 21.1 Å². The van der Waals surface area contributed by atoms with Gasteiger partial charge in [0.2, 0.25) is 11.8 Å². The molecule has 0 spiro atoms. The van der Waals surface area contributed by atoms with Gasteiger partial charge in [0, 0.05) is 19.7 Å². The van der Waals surface area contributed by atoms with Gasteiger partial charge in [0.05, 0.1) is 23.4 Å². The molecule has 0 unspecified atom stereocenters. The first kappa shape index (κ1) is 17.2. The van der Waals surface area contributed by atoms with Gasteiger partial charge in [-0.2, -0.15) is 0 Å². The van der Waals surface area contributed by atoms with Crippen LogP contribution in [0.5, 0.6) is 0 Å². The number of rotatable bonds is 5. The number of benzene rings is 1. The van der Waals surface area contributed by atoms with E-state index in [-0.39, 0.29) is 31.1 Å². The summed E-state index contributed by atoms with van der Waals surface area (Å²) in [4.78, 5) is 27.7. The SMILES string of the molecule is O=C(COC[C@H]1CCCO1)N1CCN(c2ccccc2Cl)C(=O)C1. The Morgan fingerprint density at radius 1 is 1.33 bits per heavy atom. The number of hydrogen-bond acceptors (Lipinski definition) is 4. The number of para-hydroxylation sites is 1. The van der Waals surface area contributed by atoms with E-state index in [1.54, 1.807) is 11.0 Å². The molecular weight excluding hydrogens is 332 g/mol. The monoisotopic (exact) mass is 352 g/mol. The highest BCUT2D eigenvalue weighted by Crippen LogP contribution is 2.26. The lowest BCUT2D eigenvalue weighted by molar-refractivity contribution is -0.141. The average molecular weight is 353 g/mol. The Morgan fingerprint density at radius 2 is 2.17 bits per heavy atom. The number of carbonyl (C=O) groups is 2. The minimum atomic E-state index is -0.167. The summed E-state index contributed by atoms with van der Waals surface area (Å²) in [6.07, 6.45) is 2.11. The Labute approximate surface area is 146 Å². The molecule has 1 aromatic carbocycles. The van der Waals surface area contributed by atoms with Gasteiger partial charge in [0.25, 0.3) is 0 Å². The molecule has 1 atom stereocenters. The first-order chi connectivity index (χ1) is 11.6. The van der Waals surface area contributed by atoms with Gasteiger partial charge >= 0.3 is 0 Å². The first-order valence-corrected chi connectivity index (χ1v) is 8.55. The Bertz CT molecular complexity index is 604. The van der Waals surface area contributed by atoms with Crippen LogP contribution in [0.2, 0.25) is 5.02 Å². The van der Waals surface area contributed by atoms with Crippen molar-refractivity contribution in [2.24, 2.45) is 0 Å². The smallest absolute Gasteiger partial charge is 0.249 e. The van der Waals surface area contributed by atoms with Crippen molar-refractivity contribution in [1.29, 1.82) is 0 Å². The van der Waals surface area contributed by atoms with Crippen molar-refractivity contribution in [2.75, 3.05) is 44.4 Å². The van der Waals surface area contributed by atoms with Gasteiger partial charge in [0.1, 0.15) is 13.2 Å². The van der Waals surface area contributed by atoms with Gasteiger partial charge in [-0.3, -0.25) is 9.59 Å². The van der Waals surface area contributed by atoms with Crippen LogP contribution >= 0.6 is 11.6 Å². The van der Waals surface area contributed by atoms with Crippen molar-refractivity contribution in [3.63, 3.8) is 0 Å². The van der Waals surface area contributed by atoms with Crippen molar-refractivity contribution in [1.82, 2.24) is 4.90 Å². The molecule has 2 saturated heterocycles. The van der Waals surface area contributed by atoms with Crippen molar-refractivity contribution >= 4 is 29.1 Å². The number of ether oxygens (including phenoxy) is 2. The summed E-state index contributed by atoms with van der Waals surface area (Å²) >= 11 is 6.15. The largest absolute Gasteiger partial charge is 0.376 e. The molecule has 2 amide bonds. The third kappa shape index (κ3) is 4.06. The predicted octanol–water partition coefficient (Wildman–Crippen LogP) is 1.71. The third-order valence-corrected chi connectivity index (χ3v) is 4.59. The van der Waals surface area contributed by atoms with E-state index in [0.29, 0.717) is 30.4 Å². The maximum Gasteiger partial charge on any atom is 0.249 e. The highest BCUT2D eigenvalue weighted by molar-refractivity contribution is 6.33. The highest BCUT2D eigenvalue weighted by atomic mass is 35.5. The van der Waals surface area contributed by atoms with Crippen LogP contribution in [0, 0.1) is 0 Å². The summed E-state index contributed by atoms with van der Waals surface area (Å²) in [6.45, 7) is 2.13. The summed E-state index contributed by atoms with van der Waals surface area (Å²) in [5.41, 5.74) is 0.686. The minimum Gasteiger partial charge on any atom is -0.376 e. The van der Waals surface area contributed by atoms with Gasteiger partial charge < -0.3 is 19.3 Å². The molecule has 0 aromatic heterocycles. The molecule has 0 bridgehead atoms. The van der Waals surface area contributed by atoms with E-state index in [1.807, 2.05) is 18.2 Å². The topological polar surface area (TPSA) is 59.1 Å². The fraction of sp³-hybridized carbons (Fsp3) is 0.529. The van der Waals surface area contributed by atoms with E-state index in [2.05, 4.69) is 0 Å². The van der Waals surface area contributed by atoms with Crippen molar-refractivity contribution in [2.45, 2.75) is 18.9 Å². The second kappa shape index (κ2) is 7.96. The Morgan fingerprint density at radius 3 is 2.88 bits per heavy atom. The molecular formula is C17H21ClN2O4. The lowest BCUT2D eigenvalue weighted by Gasteiger charge is -2.34. The van der Waals surface area contributed by atoms with Crippen LogP contribution in [0.15, 0.2) is 24.3 Å². The summed E-state index contributed by atoms with van der Waals surface area (Å²) < 4.78 is 10.9. The molecule has 0 N–H and O–H groups in total. The molecule has 2 aliphatic rings. The average Bonchev–Trinajstić information content (AvgIpc) is 3.09. The minimum absolute atomic E-state index is 0.0146. The summed E-state index contributed by atoms with van der Waals surface area (Å²) in [5, 5.41) is 0.533. The van der Waals surface area contributed by atoms with E-state index in [1.165, 1.54) is 4.90 Å². The van der Waals surface area contributed by atoms with Crippen LogP contribution < -0.4 is 4.90 Å². The molecule has 3 rings (SSSR count). The van der Waals surface area contributed by atoms with Crippen molar-refractivity contribution in [3.05, 3.63) is 29.3 Å². The number of amides is 2. The highest BCUT2D eigenvalue weighted by Gasteiger charge is 2.29. The second-order valence-electron chi connectivity index (χ2n) is 5.96. The summed E-state index contributed by atoms with van der Waals surface area (Å²) in [5.74, 6) is -0.304. The zero-order valence-corrected chi connectivity index (χ0v) is 14.2. The van der Waals surface area contributed by atoms with Crippen molar-refractivity contribution < 1.29 is 19.1 Å². The van der Waals surface area contributed by atoms with Crippen LogP contribution in [0.25, 0.3) is 0 Å². The van der Waals surface area contributed by atoms with Gasteiger partial charge in [-0.15, -0.1) is 0 Å². The fourth-order valence-corrected chi connectivity index (χ4v) is 3.19. The normalized spacial score (nSPS) is 21.4. The Hall–Kier alpha value is -1.63. The first-order valence-electron chi connectivity index (χ1n) is 8.17. The fourth-order valence-electron chi connectivity index (χ4n) is 2.96. The molecule has 6 nitrogen and oxygen atoms in total. The molecule has 0 saturated carbocycles. The lowest BCUT2D eigenvalue weighted by Crippen LogP contribution is -2.53. The Kier molecular flexibility index (Phi) is 5.71. The van der Waals surface area contributed by atoms with E-state index in [9.17, 15) is 9.59 Å². The maximum atomic E-state index is 12.4. The number of nitrogens with zero attached hydrogens (tertiary/aromatic N) is 2. The molecule has 2 aliphatic heterocycles. The molecule has 0 radical (unpaired) electrons. The molecule has 0 aliphatic carbocycles.